The zero-order chi connectivity index (χ0) is 8.97. The zero-order valence-electron chi connectivity index (χ0n) is 7.25. The molecule has 1 unspecified atom stereocenters. The summed E-state index contributed by atoms with van der Waals surface area (Å²) in [6, 6.07) is 1.09. The van der Waals surface area contributed by atoms with Gasteiger partial charge in [0.15, 0.2) is 0 Å². The van der Waals surface area contributed by atoms with Gasteiger partial charge in [-0.05, 0) is 19.4 Å². The Hall–Kier alpha value is -0.613. The van der Waals surface area contributed by atoms with Crippen LogP contribution in [0.2, 0.25) is 6.04 Å². The first-order valence-electron chi connectivity index (χ1n) is 4.23. The van der Waals surface area contributed by atoms with Crippen molar-refractivity contribution in [1.82, 2.24) is 0 Å². The van der Waals surface area contributed by atoms with E-state index in [4.69, 9.17) is 9.53 Å². The summed E-state index contributed by atoms with van der Waals surface area (Å²) in [5.41, 5.74) is 2.27. The third kappa shape index (κ3) is 2.79. The molecule has 1 heterocycles. The summed E-state index contributed by atoms with van der Waals surface area (Å²) in [4.78, 5) is 10.5. The molecule has 1 aliphatic heterocycles. The van der Waals surface area contributed by atoms with Crippen LogP contribution < -0.4 is 0 Å². The Balaban J connectivity index is 2.47. The fourth-order valence-electron chi connectivity index (χ4n) is 1.25. The second kappa shape index (κ2) is 4.42. The molecule has 0 aliphatic carbocycles. The molecule has 68 valence electrons. The van der Waals surface area contributed by atoms with Crippen LogP contribution in [0, 0.1) is 0 Å². The lowest BCUT2D eigenvalue weighted by atomic mass is 10.4. The Morgan fingerprint density at radius 2 is 2.33 bits per heavy atom. The molecule has 0 amide bonds. The third-order valence-electron chi connectivity index (χ3n) is 1.99. The summed E-state index contributed by atoms with van der Waals surface area (Å²) in [6.45, 7) is 2.45. The topological polar surface area (TPSA) is 46.5 Å². The normalized spacial score (nSPS) is 25.4. The van der Waals surface area contributed by atoms with Crippen LogP contribution in [0.15, 0.2) is 11.3 Å². The van der Waals surface area contributed by atoms with Crippen LogP contribution in [-0.4, -0.2) is 26.7 Å². The summed E-state index contributed by atoms with van der Waals surface area (Å²) in [7, 11) is -1.28. The Morgan fingerprint density at radius 3 is 2.83 bits per heavy atom. The van der Waals surface area contributed by atoms with Crippen LogP contribution >= 0.6 is 0 Å². The first-order chi connectivity index (χ1) is 5.70. The van der Waals surface area contributed by atoms with Gasteiger partial charge in [-0.1, -0.05) is 12.1 Å². The molecular formula is C8H14O3Si. The van der Waals surface area contributed by atoms with Gasteiger partial charge in [-0.15, -0.1) is 0 Å². The van der Waals surface area contributed by atoms with Gasteiger partial charge in [0.05, 0.1) is 0 Å². The molecule has 1 aliphatic rings. The molecule has 0 aromatic heterocycles. The molecule has 0 saturated carbocycles. The minimum Gasteiger partial charge on any atom is -0.478 e. The fourth-order valence-corrected chi connectivity index (χ4v) is 3.54. The molecule has 0 spiro atoms. The van der Waals surface area contributed by atoms with Crippen LogP contribution in [-0.2, 0) is 9.22 Å². The number of carboxylic acids is 1. The van der Waals surface area contributed by atoms with Gasteiger partial charge in [0.2, 0.25) is 9.04 Å². The van der Waals surface area contributed by atoms with Gasteiger partial charge in [0, 0.05) is 12.2 Å². The largest absolute Gasteiger partial charge is 0.478 e. The van der Waals surface area contributed by atoms with E-state index < -0.39 is 15.0 Å². The number of rotatable bonds is 2. The Morgan fingerprint density at radius 1 is 1.58 bits per heavy atom. The third-order valence-corrected chi connectivity index (χ3v) is 4.50. The molecule has 0 radical (unpaired) electrons. The van der Waals surface area contributed by atoms with E-state index in [1.807, 2.05) is 5.70 Å². The van der Waals surface area contributed by atoms with Gasteiger partial charge in [-0.2, -0.15) is 0 Å². The molecule has 1 N–H and O–H groups in total. The highest BCUT2D eigenvalue weighted by molar-refractivity contribution is 6.58. The maximum absolute atomic E-state index is 10.5. The fraction of sp³-hybridized carbons (Fsp3) is 0.625. The first kappa shape index (κ1) is 9.47. The van der Waals surface area contributed by atoms with Gasteiger partial charge in [-0.25, -0.2) is 4.79 Å². The highest BCUT2D eigenvalue weighted by atomic mass is 28.3. The van der Waals surface area contributed by atoms with Crippen molar-refractivity contribution in [2.45, 2.75) is 25.8 Å². The van der Waals surface area contributed by atoms with E-state index in [0.717, 1.165) is 19.1 Å². The van der Waals surface area contributed by atoms with Crippen molar-refractivity contribution in [3.63, 3.8) is 0 Å². The van der Waals surface area contributed by atoms with Crippen LogP contribution in [0.25, 0.3) is 0 Å². The zero-order valence-corrected chi connectivity index (χ0v) is 8.40. The van der Waals surface area contributed by atoms with Gasteiger partial charge >= 0.3 is 5.97 Å². The van der Waals surface area contributed by atoms with E-state index in [2.05, 4.69) is 0 Å². The van der Waals surface area contributed by atoms with Crippen molar-refractivity contribution in [1.29, 1.82) is 0 Å². The van der Waals surface area contributed by atoms with Crippen molar-refractivity contribution in [3.05, 3.63) is 11.3 Å². The molecule has 1 fully saturated rings. The molecule has 12 heavy (non-hydrogen) atoms. The lowest BCUT2D eigenvalue weighted by molar-refractivity contribution is -0.132. The van der Waals surface area contributed by atoms with E-state index in [-0.39, 0.29) is 0 Å². The molecule has 4 heteroatoms. The molecular weight excluding hydrogens is 172 g/mol. The molecule has 0 aromatic rings. The van der Waals surface area contributed by atoms with Crippen LogP contribution in [0.1, 0.15) is 19.8 Å². The summed E-state index contributed by atoms with van der Waals surface area (Å²) in [6.07, 6.45) is 2.32. The molecule has 1 atom stereocenters. The molecule has 3 nitrogen and oxygen atoms in total. The second-order valence-electron chi connectivity index (χ2n) is 3.06. The first-order valence-corrected chi connectivity index (χ1v) is 6.19. The van der Waals surface area contributed by atoms with E-state index in [9.17, 15) is 4.79 Å². The molecule has 1 rings (SSSR count). The van der Waals surface area contributed by atoms with Gasteiger partial charge in [0.25, 0.3) is 0 Å². The number of carbonyl (C=O) groups is 1. The van der Waals surface area contributed by atoms with E-state index >= 15 is 0 Å². The van der Waals surface area contributed by atoms with Gasteiger partial charge < -0.3 is 9.53 Å². The lowest BCUT2D eigenvalue weighted by Crippen LogP contribution is -2.22. The predicted octanol–water partition coefficient (Wildman–Crippen LogP) is 1.09. The maximum Gasteiger partial charge on any atom is 0.330 e. The van der Waals surface area contributed by atoms with E-state index in [0.29, 0.717) is 5.57 Å². The number of hydrogen-bond donors (Lipinski definition) is 1. The minimum absolute atomic E-state index is 0.438. The van der Waals surface area contributed by atoms with Crippen LogP contribution in [0.4, 0.5) is 0 Å². The average Bonchev–Trinajstić information content (AvgIpc) is 2.06. The number of aliphatic carboxylic acids is 1. The quantitative estimate of drug-likeness (QED) is 0.518. The number of carboxylic acid groups (broad SMARTS) is 1. The van der Waals surface area contributed by atoms with Crippen molar-refractivity contribution in [2.24, 2.45) is 0 Å². The average molecular weight is 186 g/mol. The summed E-state index contributed by atoms with van der Waals surface area (Å²) >= 11 is 0. The summed E-state index contributed by atoms with van der Waals surface area (Å²) in [5, 5.41) is 8.61. The monoisotopic (exact) mass is 186 g/mol. The predicted molar refractivity (Wildman–Crippen MR) is 48.5 cm³/mol. The molecule has 1 saturated heterocycles. The standard InChI is InChI=1S/C8H14O3Si/c1-7(8(9)10)6-12-5-3-2-4-11-12/h6,12H,2-5H2,1H3,(H,9,10)/b7-6+. The highest BCUT2D eigenvalue weighted by Gasteiger charge is 2.14. The number of hydrogen-bond acceptors (Lipinski definition) is 2. The van der Waals surface area contributed by atoms with Gasteiger partial charge in [0.1, 0.15) is 0 Å². The minimum atomic E-state index is -1.28. The molecule has 0 aromatic carbocycles. The van der Waals surface area contributed by atoms with Crippen molar-refractivity contribution in [3.8, 4) is 0 Å². The van der Waals surface area contributed by atoms with E-state index in [1.54, 1.807) is 6.92 Å². The highest BCUT2D eigenvalue weighted by Crippen LogP contribution is 2.12. The Kier molecular flexibility index (Phi) is 3.49. The maximum atomic E-state index is 10.5. The van der Waals surface area contributed by atoms with Crippen LogP contribution in [0.5, 0.6) is 0 Å². The molecule has 0 bridgehead atoms. The smallest absolute Gasteiger partial charge is 0.330 e. The summed E-state index contributed by atoms with van der Waals surface area (Å²) < 4.78 is 5.50. The lowest BCUT2D eigenvalue weighted by Gasteiger charge is -2.18. The summed E-state index contributed by atoms with van der Waals surface area (Å²) in [5.74, 6) is -0.823. The second-order valence-corrected chi connectivity index (χ2v) is 5.38. The van der Waals surface area contributed by atoms with E-state index in [1.165, 1.54) is 6.42 Å². The Labute approximate surface area is 73.8 Å². The Bertz CT molecular complexity index is 194. The van der Waals surface area contributed by atoms with Crippen molar-refractivity contribution in [2.75, 3.05) is 6.61 Å². The SMILES string of the molecule is C/C(=C\[SiH]1CCCCO1)C(=O)O. The van der Waals surface area contributed by atoms with Crippen LogP contribution in [0.3, 0.4) is 0 Å². The van der Waals surface area contributed by atoms with Crippen molar-refractivity contribution < 1.29 is 14.3 Å². The van der Waals surface area contributed by atoms with Crippen molar-refractivity contribution >= 4 is 15.0 Å². The van der Waals surface area contributed by atoms with Gasteiger partial charge in [-0.3, -0.25) is 0 Å².